The number of esters is 1. The molecule has 1 saturated heterocycles. The minimum Gasteiger partial charge on any atom is -0.469 e. The van der Waals surface area contributed by atoms with Crippen molar-refractivity contribution in [2.45, 2.75) is 5.92 Å². The van der Waals surface area contributed by atoms with E-state index in [9.17, 15) is 9.59 Å². The summed E-state index contributed by atoms with van der Waals surface area (Å²) < 4.78 is 4.90. The predicted octanol–water partition coefficient (Wildman–Crippen LogP) is 0.717. The molecule has 1 amide bonds. The third-order valence-electron chi connectivity index (χ3n) is 3.66. The number of methoxy groups -OCH3 is 1. The molecule has 0 bridgehead atoms. The number of hydrogen-bond donors (Lipinski definition) is 0. The highest BCUT2D eigenvalue weighted by molar-refractivity contribution is 5.80. The van der Waals surface area contributed by atoms with Gasteiger partial charge in [0.15, 0.2) is 0 Å². The summed E-state index contributed by atoms with van der Waals surface area (Å²) >= 11 is 0. The lowest BCUT2D eigenvalue weighted by Gasteiger charge is -2.33. The monoisotopic (exact) mass is 276 g/mol. The van der Waals surface area contributed by atoms with Crippen molar-refractivity contribution in [1.29, 1.82) is 0 Å². The highest BCUT2D eigenvalue weighted by atomic mass is 16.5. The Hall–Kier alpha value is -1.88. The summed E-state index contributed by atoms with van der Waals surface area (Å²) in [5.74, 6) is -0.520. The van der Waals surface area contributed by atoms with Gasteiger partial charge in [0.2, 0.25) is 5.91 Å². The summed E-state index contributed by atoms with van der Waals surface area (Å²) in [6.45, 7) is 2.34. The van der Waals surface area contributed by atoms with Crippen LogP contribution < -0.4 is 0 Å². The molecule has 0 saturated carbocycles. The number of carbonyl (C=O) groups is 2. The van der Waals surface area contributed by atoms with E-state index in [0.29, 0.717) is 19.6 Å². The third kappa shape index (κ3) is 3.36. The number of nitrogens with zero attached hydrogens (tertiary/aromatic N) is 2. The molecule has 20 heavy (non-hydrogen) atoms. The van der Waals surface area contributed by atoms with E-state index in [1.165, 1.54) is 7.11 Å². The molecule has 2 rings (SSSR count). The second-order valence-corrected chi connectivity index (χ2v) is 5.04. The maximum atomic E-state index is 12.0. The number of likely N-dealkylation sites (N-methyl/N-ethyl adjacent to an activating group) is 1. The van der Waals surface area contributed by atoms with E-state index in [1.54, 1.807) is 11.9 Å². The van der Waals surface area contributed by atoms with E-state index in [0.717, 1.165) is 12.1 Å². The van der Waals surface area contributed by atoms with Crippen LogP contribution in [-0.2, 0) is 14.3 Å². The van der Waals surface area contributed by atoms with Gasteiger partial charge < -0.3 is 9.64 Å². The van der Waals surface area contributed by atoms with Gasteiger partial charge in [-0.3, -0.25) is 14.5 Å². The highest BCUT2D eigenvalue weighted by Gasteiger charge is 2.28. The van der Waals surface area contributed by atoms with E-state index < -0.39 is 0 Å². The van der Waals surface area contributed by atoms with Crippen molar-refractivity contribution < 1.29 is 14.3 Å². The fourth-order valence-electron chi connectivity index (χ4n) is 2.36. The molecule has 108 valence electrons. The number of ether oxygens (including phenoxy) is 1. The maximum Gasteiger partial charge on any atom is 0.314 e. The SMILES string of the molecule is COC(=O)C(CN1CCN(C)C(=O)C1)c1ccccc1. The number of hydrogen-bond acceptors (Lipinski definition) is 4. The van der Waals surface area contributed by atoms with Crippen LogP contribution in [0.4, 0.5) is 0 Å². The average molecular weight is 276 g/mol. The van der Waals surface area contributed by atoms with Gasteiger partial charge in [-0.05, 0) is 5.56 Å². The summed E-state index contributed by atoms with van der Waals surface area (Å²) in [6.07, 6.45) is 0. The van der Waals surface area contributed by atoms with Gasteiger partial charge in [0.1, 0.15) is 0 Å². The summed E-state index contributed by atoms with van der Waals surface area (Å²) in [4.78, 5) is 27.4. The molecule has 1 heterocycles. The first-order valence-corrected chi connectivity index (χ1v) is 6.71. The minimum absolute atomic E-state index is 0.0907. The van der Waals surface area contributed by atoms with Crippen LogP contribution in [0.3, 0.4) is 0 Å². The number of rotatable bonds is 4. The van der Waals surface area contributed by atoms with Crippen LogP contribution in [0.25, 0.3) is 0 Å². The lowest BCUT2D eigenvalue weighted by atomic mass is 9.98. The van der Waals surface area contributed by atoms with Crippen LogP contribution in [0, 0.1) is 0 Å². The third-order valence-corrected chi connectivity index (χ3v) is 3.66. The van der Waals surface area contributed by atoms with Crippen molar-refractivity contribution in [3.8, 4) is 0 Å². The Morgan fingerprint density at radius 3 is 2.60 bits per heavy atom. The van der Waals surface area contributed by atoms with E-state index >= 15 is 0 Å². The first kappa shape index (κ1) is 14.5. The molecule has 0 spiro atoms. The van der Waals surface area contributed by atoms with Crippen LogP contribution in [-0.4, -0.2) is 62.0 Å². The molecule has 5 heteroatoms. The molecule has 5 nitrogen and oxygen atoms in total. The zero-order valence-corrected chi connectivity index (χ0v) is 11.9. The van der Waals surface area contributed by atoms with Gasteiger partial charge in [0.05, 0.1) is 19.6 Å². The molecule has 1 aliphatic heterocycles. The van der Waals surface area contributed by atoms with Gasteiger partial charge in [-0.25, -0.2) is 0 Å². The molecule has 1 aromatic carbocycles. The standard InChI is InChI=1S/C15H20N2O3/c1-16-8-9-17(11-14(16)18)10-13(15(19)20-2)12-6-4-3-5-7-12/h3-7,13H,8-11H2,1-2H3. The Labute approximate surface area is 119 Å². The largest absolute Gasteiger partial charge is 0.469 e. The van der Waals surface area contributed by atoms with E-state index in [-0.39, 0.29) is 17.8 Å². The van der Waals surface area contributed by atoms with Crippen LogP contribution in [0.1, 0.15) is 11.5 Å². The Balaban J connectivity index is 2.09. The van der Waals surface area contributed by atoms with Gasteiger partial charge in [-0.2, -0.15) is 0 Å². The van der Waals surface area contributed by atoms with Crippen molar-refractivity contribution >= 4 is 11.9 Å². The number of carbonyl (C=O) groups excluding carboxylic acids is 2. The van der Waals surface area contributed by atoms with Gasteiger partial charge >= 0.3 is 5.97 Å². The predicted molar refractivity (Wildman–Crippen MR) is 75.3 cm³/mol. The summed E-state index contributed by atoms with van der Waals surface area (Å²) in [7, 11) is 3.20. The number of piperazine rings is 1. The Kier molecular flexibility index (Phi) is 4.74. The number of amides is 1. The molecule has 0 radical (unpaired) electrons. The zero-order valence-electron chi connectivity index (χ0n) is 11.9. The molecule has 1 unspecified atom stereocenters. The Morgan fingerprint density at radius 2 is 2.00 bits per heavy atom. The van der Waals surface area contributed by atoms with E-state index in [1.807, 2.05) is 35.2 Å². The molecule has 1 aliphatic rings. The van der Waals surface area contributed by atoms with Crippen LogP contribution in [0.5, 0.6) is 0 Å². The van der Waals surface area contributed by atoms with Crippen molar-refractivity contribution in [2.75, 3.05) is 40.3 Å². The Bertz CT molecular complexity index is 475. The fraction of sp³-hybridized carbons (Fsp3) is 0.467. The summed E-state index contributed by atoms with van der Waals surface area (Å²) in [5.41, 5.74) is 0.922. The van der Waals surface area contributed by atoms with Gasteiger partial charge in [-0.1, -0.05) is 30.3 Å². The van der Waals surface area contributed by atoms with Crippen LogP contribution in [0.15, 0.2) is 30.3 Å². The summed E-state index contributed by atoms with van der Waals surface area (Å²) in [5, 5.41) is 0. The van der Waals surface area contributed by atoms with Crippen molar-refractivity contribution in [2.24, 2.45) is 0 Å². The zero-order chi connectivity index (χ0) is 14.5. The quantitative estimate of drug-likeness (QED) is 0.760. The summed E-state index contributed by atoms with van der Waals surface area (Å²) in [6, 6.07) is 9.55. The van der Waals surface area contributed by atoms with Crippen molar-refractivity contribution in [1.82, 2.24) is 9.80 Å². The van der Waals surface area contributed by atoms with E-state index in [4.69, 9.17) is 4.74 Å². The van der Waals surface area contributed by atoms with Crippen LogP contribution in [0.2, 0.25) is 0 Å². The first-order valence-electron chi connectivity index (χ1n) is 6.71. The van der Waals surface area contributed by atoms with E-state index in [2.05, 4.69) is 0 Å². The van der Waals surface area contributed by atoms with Gasteiger partial charge in [0.25, 0.3) is 0 Å². The Morgan fingerprint density at radius 1 is 1.30 bits per heavy atom. The van der Waals surface area contributed by atoms with Crippen molar-refractivity contribution in [3.05, 3.63) is 35.9 Å². The second kappa shape index (κ2) is 6.52. The van der Waals surface area contributed by atoms with Gasteiger partial charge in [-0.15, -0.1) is 0 Å². The topological polar surface area (TPSA) is 49.9 Å². The normalized spacial score (nSPS) is 17.9. The molecule has 0 aromatic heterocycles. The molecule has 1 fully saturated rings. The minimum atomic E-state index is -0.350. The molecular weight excluding hydrogens is 256 g/mol. The molecule has 0 N–H and O–H groups in total. The maximum absolute atomic E-state index is 12.0. The number of benzene rings is 1. The lowest BCUT2D eigenvalue weighted by molar-refractivity contribution is -0.144. The highest BCUT2D eigenvalue weighted by Crippen LogP contribution is 2.19. The van der Waals surface area contributed by atoms with Crippen LogP contribution >= 0.6 is 0 Å². The smallest absolute Gasteiger partial charge is 0.314 e. The van der Waals surface area contributed by atoms with Crippen molar-refractivity contribution in [3.63, 3.8) is 0 Å². The molecule has 0 aliphatic carbocycles. The first-order chi connectivity index (χ1) is 9.61. The lowest BCUT2D eigenvalue weighted by Crippen LogP contribution is -2.50. The second-order valence-electron chi connectivity index (χ2n) is 5.04. The molecule has 1 aromatic rings. The molecule has 1 atom stereocenters. The average Bonchev–Trinajstić information content (AvgIpc) is 2.48. The molecular formula is C15H20N2O3. The fourth-order valence-corrected chi connectivity index (χ4v) is 2.36. The van der Waals surface area contributed by atoms with Gasteiger partial charge in [0, 0.05) is 26.7 Å².